The van der Waals surface area contributed by atoms with Gasteiger partial charge in [0.25, 0.3) is 0 Å². The summed E-state index contributed by atoms with van der Waals surface area (Å²) in [6.07, 6.45) is 10.4. The summed E-state index contributed by atoms with van der Waals surface area (Å²) in [7, 11) is 0. The Balaban J connectivity index is 1.46. The predicted octanol–water partition coefficient (Wildman–Crippen LogP) is 4.39. The highest BCUT2D eigenvalue weighted by Gasteiger charge is 2.22. The minimum Gasteiger partial charge on any atom is -0.490 e. The second kappa shape index (κ2) is 9.05. The molecule has 2 aliphatic rings. The van der Waals surface area contributed by atoms with Crippen LogP contribution in [-0.4, -0.2) is 36.2 Å². The van der Waals surface area contributed by atoms with E-state index in [2.05, 4.69) is 43.0 Å². The Bertz CT molecular complexity index is 499. The molecule has 140 valence electrons. The van der Waals surface area contributed by atoms with Crippen molar-refractivity contribution in [1.82, 2.24) is 4.90 Å². The summed E-state index contributed by atoms with van der Waals surface area (Å²) in [5, 5.41) is 0. The second-order valence-electron chi connectivity index (χ2n) is 8.36. The van der Waals surface area contributed by atoms with E-state index in [-0.39, 0.29) is 0 Å². The number of likely N-dealkylation sites (tertiary alicyclic amines) is 1. The maximum absolute atomic E-state index is 6.47. The van der Waals surface area contributed by atoms with E-state index in [1.807, 2.05) is 0 Å². The van der Waals surface area contributed by atoms with Gasteiger partial charge in [0, 0.05) is 25.2 Å². The van der Waals surface area contributed by atoms with Gasteiger partial charge in [0.05, 0.1) is 0 Å². The molecule has 0 spiro atoms. The van der Waals surface area contributed by atoms with Gasteiger partial charge < -0.3 is 15.4 Å². The van der Waals surface area contributed by atoms with Crippen molar-refractivity contribution in [1.29, 1.82) is 0 Å². The predicted molar refractivity (Wildman–Crippen MR) is 105 cm³/mol. The fraction of sp³-hybridized carbons (Fsp3) is 0.727. The van der Waals surface area contributed by atoms with Gasteiger partial charge in [-0.2, -0.15) is 0 Å². The fourth-order valence-corrected chi connectivity index (χ4v) is 4.41. The number of piperidine rings is 1. The number of hydrogen-bond acceptors (Lipinski definition) is 3. The van der Waals surface area contributed by atoms with Gasteiger partial charge in [-0.1, -0.05) is 31.4 Å². The zero-order valence-electron chi connectivity index (χ0n) is 16.1. The van der Waals surface area contributed by atoms with Crippen molar-refractivity contribution >= 4 is 0 Å². The first-order chi connectivity index (χ1) is 12.1. The quantitative estimate of drug-likeness (QED) is 0.832. The molecule has 2 fully saturated rings. The first-order valence-electron chi connectivity index (χ1n) is 10.4. The third-order valence-corrected chi connectivity index (χ3v) is 6.16. The Morgan fingerprint density at radius 2 is 1.64 bits per heavy atom. The molecule has 0 bridgehead atoms. The van der Waals surface area contributed by atoms with Crippen LogP contribution < -0.4 is 10.5 Å². The van der Waals surface area contributed by atoms with E-state index in [4.69, 9.17) is 10.5 Å². The van der Waals surface area contributed by atoms with Gasteiger partial charge >= 0.3 is 0 Å². The van der Waals surface area contributed by atoms with Gasteiger partial charge in [0.15, 0.2) is 0 Å². The monoisotopic (exact) mass is 344 g/mol. The van der Waals surface area contributed by atoms with E-state index < -0.39 is 0 Å². The van der Waals surface area contributed by atoms with Crippen LogP contribution >= 0.6 is 0 Å². The lowest BCUT2D eigenvalue weighted by atomic mass is 9.82. The summed E-state index contributed by atoms with van der Waals surface area (Å²) in [5.41, 5.74) is 7.82. The van der Waals surface area contributed by atoms with Crippen LogP contribution in [0.15, 0.2) is 24.3 Å². The molecule has 1 unspecified atom stereocenters. The van der Waals surface area contributed by atoms with Crippen LogP contribution in [0.5, 0.6) is 5.75 Å². The van der Waals surface area contributed by atoms with Gasteiger partial charge in [-0.05, 0) is 69.6 Å². The van der Waals surface area contributed by atoms with Gasteiger partial charge in [0.1, 0.15) is 11.9 Å². The molecule has 1 atom stereocenters. The molecule has 1 aliphatic heterocycles. The lowest BCUT2D eigenvalue weighted by Gasteiger charge is -2.34. The van der Waals surface area contributed by atoms with E-state index in [9.17, 15) is 0 Å². The Hall–Kier alpha value is -1.06. The van der Waals surface area contributed by atoms with E-state index in [1.165, 1.54) is 37.7 Å². The largest absolute Gasteiger partial charge is 0.490 e. The lowest BCUT2D eigenvalue weighted by Crippen LogP contribution is -2.41. The molecule has 3 nitrogen and oxygen atoms in total. The van der Waals surface area contributed by atoms with Crippen LogP contribution in [0.4, 0.5) is 0 Å². The molecular weight excluding hydrogens is 308 g/mol. The van der Waals surface area contributed by atoms with Crippen molar-refractivity contribution < 1.29 is 4.74 Å². The molecule has 0 amide bonds. The highest BCUT2D eigenvalue weighted by atomic mass is 16.5. The molecule has 1 saturated carbocycles. The summed E-state index contributed by atoms with van der Waals surface area (Å²) in [6, 6.07) is 9.65. The zero-order valence-corrected chi connectivity index (χ0v) is 16.1. The summed E-state index contributed by atoms with van der Waals surface area (Å²) >= 11 is 0. The molecule has 2 N–H and O–H groups in total. The van der Waals surface area contributed by atoms with Crippen LogP contribution in [0.2, 0.25) is 0 Å². The third kappa shape index (κ3) is 5.46. The van der Waals surface area contributed by atoms with E-state index >= 15 is 0 Å². The van der Waals surface area contributed by atoms with Crippen LogP contribution in [0.1, 0.15) is 64.4 Å². The summed E-state index contributed by atoms with van der Waals surface area (Å²) in [6.45, 7) is 6.85. The molecule has 3 rings (SSSR count). The van der Waals surface area contributed by atoms with Gasteiger partial charge in [-0.25, -0.2) is 0 Å². The molecule has 1 aliphatic carbocycles. The summed E-state index contributed by atoms with van der Waals surface area (Å²) in [5.74, 6) is 1.73. The van der Waals surface area contributed by atoms with Gasteiger partial charge in [-0.15, -0.1) is 0 Å². The number of nitrogens with two attached hydrogens (primary N) is 1. The fourth-order valence-electron chi connectivity index (χ4n) is 4.41. The number of nitrogens with zero attached hydrogens (tertiary/aromatic N) is 1. The normalized spacial score (nSPS) is 22.2. The summed E-state index contributed by atoms with van der Waals surface area (Å²) < 4.78 is 6.20. The highest BCUT2D eigenvalue weighted by molar-refractivity contribution is 5.28. The van der Waals surface area contributed by atoms with Crippen molar-refractivity contribution in [3.8, 4) is 5.75 Å². The van der Waals surface area contributed by atoms with Crippen molar-refractivity contribution in [2.75, 3.05) is 13.1 Å². The third-order valence-electron chi connectivity index (χ3n) is 6.16. The molecule has 3 heteroatoms. The van der Waals surface area contributed by atoms with E-state index in [0.29, 0.717) is 18.2 Å². The Kier molecular flexibility index (Phi) is 6.77. The molecule has 1 aromatic rings. The van der Waals surface area contributed by atoms with E-state index in [0.717, 1.165) is 44.0 Å². The topological polar surface area (TPSA) is 38.5 Å². The van der Waals surface area contributed by atoms with Crippen molar-refractivity contribution in [2.24, 2.45) is 11.7 Å². The maximum atomic E-state index is 6.47. The highest BCUT2D eigenvalue weighted by Crippen LogP contribution is 2.27. The number of hydrogen-bond donors (Lipinski definition) is 1. The number of rotatable bonds is 6. The first-order valence-corrected chi connectivity index (χ1v) is 10.4. The van der Waals surface area contributed by atoms with Crippen LogP contribution in [0, 0.1) is 5.92 Å². The van der Waals surface area contributed by atoms with Crippen LogP contribution in [-0.2, 0) is 6.42 Å². The molecule has 1 aromatic carbocycles. The zero-order chi connectivity index (χ0) is 17.6. The lowest BCUT2D eigenvalue weighted by molar-refractivity contribution is 0.0843. The Labute approximate surface area is 153 Å². The van der Waals surface area contributed by atoms with Crippen molar-refractivity contribution in [3.63, 3.8) is 0 Å². The average Bonchev–Trinajstić information content (AvgIpc) is 2.64. The maximum Gasteiger partial charge on any atom is 0.119 e. The molecule has 0 aromatic heterocycles. The van der Waals surface area contributed by atoms with Crippen LogP contribution in [0.25, 0.3) is 0 Å². The molecule has 0 radical (unpaired) electrons. The average molecular weight is 345 g/mol. The van der Waals surface area contributed by atoms with Gasteiger partial charge in [0.2, 0.25) is 0 Å². The standard InChI is InChI=1S/C22H36N2O/c1-17(2)24-14-12-21(13-15-24)25-20-10-8-18(9-11-20)16-22(23)19-6-4-3-5-7-19/h8-11,17,19,21-22H,3-7,12-16,23H2,1-2H3. The first kappa shape index (κ1) is 18.7. The minimum atomic E-state index is 0.312. The minimum absolute atomic E-state index is 0.312. The second-order valence-corrected chi connectivity index (χ2v) is 8.36. The van der Waals surface area contributed by atoms with Crippen LogP contribution in [0.3, 0.4) is 0 Å². The molecular formula is C22H36N2O. The van der Waals surface area contributed by atoms with Gasteiger partial charge in [-0.3, -0.25) is 0 Å². The Morgan fingerprint density at radius 1 is 1.00 bits per heavy atom. The SMILES string of the molecule is CC(C)N1CCC(Oc2ccc(CC(N)C3CCCCC3)cc2)CC1. The molecule has 1 saturated heterocycles. The van der Waals surface area contributed by atoms with Crippen molar-refractivity contribution in [2.45, 2.75) is 83.4 Å². The number of ether oxygens (including phenoxy) is 1. The smallest absolute Gasteiger partial charge is 0.119 e. The van der Waals surface area contributed by atoms with Crippen molar-refractivity contribution in [3.05, 3.63) is 29.8 Å². The Morgan fingerprint density at radius 3 is 2.24 bits per heavy atom. The molecule has 1 heterocycles. The molecule has 25 heavy (non-hydrogen) atoms. The summed E-state index contributed by atoms with van der Waals surface area (Å²) in [4.78, 5) is 2.54. The van der Waals surface area contributed by atoms with E-state index in [1.54, 1.807) is 0 Å². The number of benzene rings is 1.